The number of hydrogen-bond donors (Lipinski definition) is 3. The molecule has 1 aromatic rings. The van der Waals surface area contributed by atoms with Crippen molar-refractivity contribution in [3.8, 4) is 0 Å². The molecule has 0 spiro atoms. The molecule has 5 heteroatoms. The van der Waals surface area contributed by atoms with Gasteiger partial charge in [0.05, 0.1) is 25.6 Å². The van der Waals surface area contributed by atoms with Crippen LogP contribution in [0.25, 0.3) is 0 Å². The van der Waals surface area contributed by atoms with Crippen molar-refractivity contribution in [3.05, 3.63) is 29.8 Å². The molecule has 0 aromatic heterocycles. The third-order valence-electron chi connectivity index (χ3n) is 1.98. The fraction of sp³-hybridized carbons (Fsp3) is 0.222. The first-order valence-electron chi connectivity index (χ1n) is 4.16. The summed E-state index contributed by atoms with van der Waals surface area (Å²) >= 11 is 7.99. The Hall–Kier alpha value is -0.650. The summed E-state index contributed by atoms with van der Waals surface area (Å²) in [4.78, 5) is 10.9. The van der Waals surface area contributed by atoms with Gasteiger partial charge in [-0.2, -0.15) is 4.79 Å². The van der Waals surface area contributed by atoms with Crippen LogP contribution in [0.2, 0.25) is 0 Å². The molecular weight excluding hydrogens is 218 g/mol. The molecule has 0 aliphatic carbocycles. The number of amides is 1. The molecule has 1 amide bonds. The van der Waals surface area contributed by atoms with Crippen LogP contribution in [-0.2, 0) is 6.42 Å². The zero-order chi connectivity index (χ0) is 10.8. The number of benzene rings is 1. The molecule has 0 fully saturated rings. The van der Waals surface area contributed by atoms with Crippen molar-refractivity contribution in [2.24, 2.45) is 0 Å². The van der Waals surface area contributed by atoms with Gasteiger partial charge in [-0.25, -0.2) is 0 Å². The van der Waals surface area contributed by atoms with Gasteiger partial charge in [-0.1, -0.05) is 28.4 Å². The normalized spacial score (nSPS) is 11.4. The number of nitrogens with zero attached hydrogens (tertiary/aromatic N) is 1. The molecule has 1 rings (SSSR count). The van der Waals surface area contributed by atoms with Gasteiger partial charge in [0.1, 0.15) is 0 Å². The van der Waals surface area contributed by atoms with E-state index in [0.29, 0.717) is 5.69 Å². The second kappa shape index (κ2) is 4.25. The van der Waals surface area contributed by atoms with E-state index in [2.05, 4.69) is 25.6 Å². The predicted octanol–water partition coefficient (Wildman–Crippen LogP) is 2.92. The number of carbonyl (C=O) groups is 1. The molecule has 3 nitrogen and oxygen atoms in total. The Balaban J connectivity index is 3.24. The van der Waals surface area contributed by atoms with E-state index in [1.807, 2.05) is 19.1 Å². The van der Waals surface area contributed by atoms with Crippen LogP contribution in [0.1, 0.15) is 12.5 Å². The van der Waals surface area contributed by atoms with Gasteiger partial charge in [-0.05, 0) is 6.42 Å². The van der Waals surface area contributed by atoms with E-state index < -0.39 is 9.39 Å². The van der Waals surface area contributed by atoms with Crippen LogP contribution in [0.5, 0.6) is 0 Å². The van der Waals surface area contributed by atoms with Crippen molar-refractivity contribution in [2.45, 2.75) is 13.3 Å². The smallest absolute Gasteiger partial charge is 0.434 e. The number of thiol groups is 2. The van der Waals surface area contributed by atoms with Crippen LogP contribution in [0.3, 0.4) is 0 Å². The lowest BCUT2D eigenvalue weighted by atomic mass is 10.1. The Bertz CT molecular complexity index is 352. The molecular formula is C9H12NO2S2+. The monoisotopic (exact) mass is 230 g/mol. The number of carboxylic acid groups (broad SMARTS) is 1. The standard InChI is InChI=1S/C9H11NO2S2/c1-2-7-5-3-4-6-8(7)10(13,14)9(11)12/h3-6,13-14H,2H2,1H3/p+1. The second-order valence-corrected chi connectivity index (χ2v) is 4.38. The van der Waals surface area contributed by atoms with E-state index in [1.165, 1.54) is 0 Å². The predicted molar refractivity (Wildman–Crippen MR) is 63.6 cm³/mol. The van der Waals surface area contributed by atoms with E-state index in [-0.39, 0.29) is 0 Å². The lowest BCUT2D eigenvalue weighted by molar-refractivity contribution is 0.191. The first-order chi connectivity index (χ1) is 6.50. The number of hydrogen-bond acceptors (Lipinski definition) is 3. The van der Waals surface area contributed by atoms with Crippen LogP contribution >= 0.6 is 25.6 Å². The van der Waals surface area contributed by atoms with Crippen LogP contribution < -0.4 is 3.29 Å². The summed E-state index contributed by atoms with van der Waals surface area (Å²) in [7, 11) is 0. The molecule has 14 heavy (non-hydrogen) atoms. The Labute approximate surface area is 94.0 Å². The van der Waals surface area contributed by atoms with Crippen LogP contribution in [0.4, 0.5) is 10.5 Å². The van der Waals surface area contributed by atoms with Crippen molar-refractivity contribution in [2.75, 3.05) is 0 Å². The second-order valence-electron chi connectivity index (χ2n) is 2.87. The van der Waals surface area contributed by atoms with Crippen LogP contribution in [0, 0.1) is 0 Å². The quantitative estimate of drug-likeness (QED) is 0.540. The summed E-state index contributed by atoms with van der Waals surface area (Å²) < 4.78 is -0.732. The minimum atomic E-state index is -1.11. The Kier molecular flexibility index (Phi) is 3.47. The summed E-state index contributed by atoms with van der Waals surface area (Å²) in [5, 5.41) is 8.93. The van der Waals surface area contributed by atoms with Gasteiger partial charge in [-0.3, -0.25) is 0 Å². The van der Waals surface area contributed by atoms with E-state index in [4.69, 9.17) is 5.11 Å². The number of rotatable bonds is 2. The fourth-order valence-corrected chi connectivity index (χ4v) is 1.61. The Morgan fingerprint density at radius 1 is 1.43 bits per heavy atom. The maximum Gasteiger partial charge on any atom is 0.542 e. The first-order valence-corrected chi connectivity index (χ1v) is 4.96. The molecule has 1 N–H and O–H groups in total. The van der Waals surface area contributed by atoms with E-state index in [0.717, 1.165) is 12.0 Å². The van der Waals surface area contributed by atoms with E-state index in [1.54, 1.807) is 12.1 Å². The highest BCUT2D eigenvalue weighted by Crippen LogP contribution is 2.32. The summed E-state index contributed by atoms with van der Waals surface area (Å²) in [6, 6.07) is 7.23. The molecule has 0 atom stereocenters. The molecule has 0 bridgehead atoms. The third-order valence-corrected chi connectivity index (χ3v) is 2.75. The zero-order valence-electron chi connectivity index (χ0n) is 7.71. The van der Waals surface area contributed by atoms with Gasteiger partial charge in [0.25, 0.3) is 0 Å². The van der Waals surface area contributed by atoms with Crippen molar-refractivity contribution in [3.63, 3.8) is 0 Å². The summed E-state index contributed by atoms with van der Waals surface area (Å²) in [5.41, 5.74) is 1.51. The van der Waals surface area contributed by atoms with Gasteiger partial charge >= 0.3 is 6.09 Å². The van der Waals surface area contributed by atoms with Gasteiger partial charge < -0.3 is 5.11 Å². The Morgan fingerprint density at radius 3 is 2.50 bits per heavy atom. The SMILES string of the molecule is CCc1ccccc1[N+](S)(S)C(=O)O. The minimum absolute atomic E-state index is 0.578. The van der Waals surface area contributed by atoms with Crippen LogP contribution in [-0.4, -0.2) is 11.2 Å². The Morgan fingerprint density at radius 2 is 2.00 bits per heavy atom. The first kappa shape index (κ1) is 11.4. The average Bonchev–Trinajstić information content (AvgIpc) is 2.17. The number of aryl methyl sites for hydroxylation is 1. The van der Waals surface area contributed by atoms with E-state index >= 15 is 0 Å². The molecule has 0 radical (unpaired) electrons. The topological polar surface area (TPSA) is 37.3 Å². The van der Waals surface area contributed by atoms with Gasteiger partial charge in [-0.15, -0.1) is 0 Å². The molecule has 1 aromatic carbocycles. The third kappa shape index (κ3) is 2.05. The summed E-state index contributed by atoms with van der Waals surface area (Å²) in [6.07, 6.45) is -0.359. The van der Waals surface area contributed by atoms with Gasteiger partial charge in [0.15, 0.2) is 5.69 Å². The highest BCUT2D eigenvalue weighted by molar-refractivity contribution is 7.98. The molecule has 0 heterocycles. The van der Waals surface area contributed by atoms with Crippen molar-refractivity contribution >= 4 is 37.4 Å². The molecule has 76 valence electrons. The molecule has 0 aliphatic rings. The highest BCUT2D eigenvalue weighted by atomic mass is 32.2. The molecule has 0 unspecified atom stereocenters. The summed E-state index contributed by atoms with van der Waals surface area (Å²) in [5.74, 6) is 0. The fourth-order valence-electron chi connectivity index (χ4n) is 1.22. The van der Waals surface area contributed by atoms with Crippen molar-refractivity contribution in [1.29, 1.82) is 0 Å². The number of para-hydroxylation sites is 1. The zero-order valence-corrected chi connectivity index (χ0v) is 9.50. The van der Waals surface area contributed by atoms with Gasteiger partial charge in [0.2, 0.25) is 0 Å². The average molecular weight is 230 g/mol. The molecule has 0 saturated heterocycles. The maximum absolute atomic E-state index is 10.9. The van der Waals surface area contributed by atoms with Crippen LogP contribution in [0.15, 0.2) is 24.3 Å². The lowest BCUT2D eigenvalue weighted by Gasteiger charge is -2.19. The highest BCUT2D eigenvalue weighted by Gasteiger charge is 2.35. The lowest BCUT2D eigenvalue weighted by Crippen LogP contribution is -2.34. The van der Waals surface area contributed by atoms with E-state index in [9.17, 15) is 4.79 Å². The van der Waals surface area contributed by atoms with Crippen molar-refractivity contribution < 1.29 is 9.90 Å². The largest absolute Gasteiger partial charge is 0.542 e. The maximum atomic E-state index is 10.9. The molecule has 0 aliphatic heterocycles. The van der Waals surface area contributed by atoms with Gasteiger partial charge in [0, 0.05) is 11.6 Å². The van der Waals surface area contributed by atoms with Crippen molar-refractivity contribution in [1.82, 2.24) is 3.29 Å². The molecule has 0 saturated carbocycles. The number of quaternary nitrogens is 1. The minimum Gasteiger partial charge on any atom is -0.434 e. The summed E-state index contributed by atoms with van der Waals surface area (Å²) in [6.45, 7) is 1.96.